The molecule has 1 aliphatic rings. The van der Waals surface area contributed by atoms with Crippen LogP contribution in [0.3, 0.4) is 0 Å². The van der Waals surface area contributed by atoms with Gasteiger partial charge in [-0.1, -0.05) is 12.2 Å². The van der Waals surface area contributed by atoms with Gasteiger partial charge in [0.05, 0.1) is 0 Å². The molecule has 0 amide bonds. The summed E-state index contributed by atoms with van der Waals surface area (Å²) in [6.45, 7) is 1.10. The zero-order valence-electron chi connectivity index (χ0n) is 8.75. The first-order valence-corrected chi connectivity index (χ1v) is 6.57. The van der Waals surface area contributed by atoms with Crippen molar-refractivity contribution >= 4 is 28.3 Å². The van der Waals surface area contributed by atoms with Crippen molar-refractivity contribution in [3.8, 4) is 0 Å². The van der Waals surface area contributed by atoms with E-state index in [1.54, 1.807) is 0 Å². The number of allylic oxidation sites excluding steroid dienone is 2. The summed E-state index contributed by atoms with van der Waals surface area (Å²) in [6, 6.07) is 8.59. The molecule has 0 bridgehead atoms. The highest BCUT2D eigenvalue weighted by Gasteiger charge is 2.08. The summed E-state index contributed by atoms with van der Waals surface area (Å²) in [6.07, 6.45) is 8.41. The lowest BCUT2D eigenvalue weighted by Gasteiger charge is -2.18. The molecule has 0 aromatic heterocycles. The van der Waals surface area contributed by atoms with E-state index in [0.29, 0.717) is 0 Å². The first kappa shape index (κ1) is 11.0. The molecule has 0 aliphatic heterocycles. The summed E-state index contributed by atoms with van der Waals surface area (Å²) in [7, 11) is 0. The second-order valence-electron chi connectivity index (χ2n) is 4.04. The standard InChI is InChI=1S/C13H16IN/c14-12-6-8-13(9-7-12)15-10-11-4-2-1-3-5-11/h1-2,6-9,11,15H,3-5,10H2. The molecule has 1 N–H and O–H groups in total. The van der Waals surface area contributed by atoms with Crippen molar-refractivity contribution in [3.05, 3.63) is 40.0 Å². The maximum absolute atomic E-state index is 3.50. The van der Waals surface area contributed by atoms with Gasteiger partial charge in [-0.2, -0.15) is 0 Å². The van der Waals surface area contributed by atoms with Crippen molar-refractivity contribution in [2.24, 2.45) is 5.92 Å². The lowest BCUT2D eigenvalue weighted by atomic mass is 9.94. The minimum Gasteiger partial charge on any atom is -0.385 e. The van der Waals surface area contributed by atoms with Crippen LogP contribution >= 0.6 is 22.6 Å². The Balaban J connectivity index is 1.82. The molecule has 1 nitrogen and oxygen atoms in total. The van der Waals surface area contributed by atoms with Gasteiger partial charge in [0, 0.05) is 15.8 Å². The van der Waals surface area contributed by atoms with E-state index in [-0.39, 0.29) is 0 Å². The highest BCUT2D eigenvalue weighted by atomic mass is 127. The topological polar surface area (TPSA) is 12.0 Å². The van der Waals surface area contributed by atoms with E-state index in [4.69, 9.17) is 0 Å². The molecule has 80 valence electrons. The fourth-order valence-electron chi connectivity index (χ4n) is 1.87. The summed E-state index contributed by atoms with van der Waals surface area (Å²) in [5.74, 6) is 0.814. The summed E-state index contributed by atoms with van der Waals surface area (Å²) < 4.78 is 1.29. The molecule has 0 saturated carbocycles. The number of rotatable bonds is 3. The van der Waals surface area contributed by atoms with Crippen LogP contribution in [0.1, 0.15) is 19.3 Å². The van der Waals surface area contributed by atoms with E-state index in [2.05, 4.69) is 64.3 Å². The third-order valence-corrected chi connectivity index (χ3v) is 3.54. The van der Waals surface area contributed by atoms with Crippen LogP contribution in [0.15, 0.2) is 36.4 Å². The Labute approximate surface area is 105 Å². The smallest absolute Gasteiger partial charge is 0.0340 e. The molecule has 1 aromatic rings. The van der Waals surface area contributed by atoms with Crippen LogP contribution in [0.25, 0.3) is 0 Å². The van der Waals surface area contributed by atoms with Gasteiger partial charge in [0.1, 0.15) is 0 Å². The summed E-state index contributed by atoms with van der Waals surface area (Å²) in [5, 5.41) is 3.50. The van der Waals surface area contributed by atoms with Gasteiger partial charge in [0.2, 0.25) is 0 Å². The summed E-state index contributed by atoms with van der Waals surface area (Å²) >= 11 is 2.33. The lowest BCUT2D eigenvalue weighted by molar-refractivity contribution is 0.504. The molecule has 1 aromatic carbocycles. The van der Waals surface area contributed by atoms with Crippen molar-refractivity contribution in [1.82, 2.24) is 0 Å². The number of nitrogens with one attached hydrogen (secondary N) is 1. The predicted octanol–water partition coefficient (Wildman–Crippen LogP) is 4.06. The van der Waals surface area contributed by atoms with E-state index >= 15 is 0 Å². The van der Waals surface area contributed by atoms with Crippen molar-refractivity contribution in [2.75, 3.05) is 11.9 Å². The van der Waals surface area contributed by atoms with Gasteiger partial charge in [-0.15, -0.1) is 0 Å². The average Bonchev–Trinajstić information content (AvgIpc) is 2.30. The van der Waals surface area contributed by atoms with Crippen molar-refractivity contribution in [1.29, 1.82) is 0 Å². The van der Waals surface area contributed by atoms with E-state index in [9.17, 15) is 0 Å². The number of anilines is 1. The summed E-state index contributed by atoms with van der Waals surface area (Å²) in [4.78, 5) is 0. The molecule has 2 heteroatoms. The van der Waals surface area contributed by atoms with Gasteiger partial charge in [-0.05, 0) is 72.0 Å². The largest absolute Gasteiger partial charge is 0.385 e. The highest BCUT2D eigenvalue weighted by molar-refractivity contribution is 14.1. The zero-order chi connectivity index (χ0) is 10.5. The molecule has 1 atom stereocenters. The molecular weight excluding hydrogens is 297 g/mol. The molecular formula is C13H16IN. The average molecular weight is 313 g/mol. The maximum atomic E-state index is 3.50. The molecule has 1 aliphatic carbocycles. The molecule has 0 radical (unpaired) electrons. The van der Waals surface area contributed by atoms with E-state index < -0.39 is 0 Å². The molecule has 0 spiro atoms. The number of hydrogen-bond donors (Lipinski definition) is 1. The number of hydrogen-bond acceptors (Lipinski definition) is 1. The first-order valence-electron chi connectivity index (χ1n) is 5.49. The molecule has 15 heavy (non-hydrogen) atoms. The fourth-order valence-corrected chi connectivity index (χ4v) is 2.23. The maximum Gasteiger partial charge on any atom is 0.0340 e. The number of benzene rings is 1. The van der Waals surface area contributed by atoms with Gasteiger partial charge < -0.3 is 5.32 Å². The zero-order valence-corrected chi connectivity index (χ0v) is 10.9. The molecule has 2 rings (SSSR count). The quantitative estimate of drug-likeness (QED) is 0.655. The van der Waals surface area contributed by atoms with Gasteiger partial charge in [0.15, 0.2) is 0 Å². The Kier molecular flexibility index (Phi) is 4.06. The third kappa shape index (κ3) is 3.52. The first-order chi connectivity index (χ1) is 7.34. The Morgan fingerprint density at radius 2 is 2.00 bits per heavy atom. The second-order valence-corrected chi connectivity index (χ2v) is 5.28. The third-order valence-electron chi connectivity index (χ3n) is 2.82. The summed E-state index contributed by atoms with van der Waals surface area (Å²) in [5.41, 5.74) is 1.24. The molecule has 0 saturated heterocycles. The minimum atomic E-state index is 0.814. The van der Waals surface area contributed by atoms with Crippen LogP contribution in [0.2, 0.25) is 0 Å². The van der Waals surface area contributed by atoms with Crippen molar-refractivity contribution in [2.45, 2.75) is 19.3 Å². The van der Waals surface area contributed by atoms with Crippen LogP contribution in [0.5, 0.6) is 0 Å². The van der Waals surface area contributed by atoms with Crippen LogP contribution in [-0.4, -0.2) is 6.54 Å². The van der Waals surface area contributed by atoms with E-state index in [0.717, 1.165) is 12.5 Å². The van der Waals surface area contributed by atoms with E-state index in [1.165, 1.54) is 28.5 Å². The van der Waals surface area contributed by atoms with Gasteiger partial charge >= 0.3 is 0 Å². The Morgan fingerprint density at radius 3 is 2.67 bits per heavy atom. The predicted molar refractivity (Wildman–Crippen MR) is 74.1 cm³/mol. The molecule has 1 unspecified atom stereocenters. The van der Waals surface area contributed by atoms with Crippen molar-refractivity contribution < 1.29 is 0 Å². The van der Waals surface area contributed by atoms with Crippen LogP contribution < -0.4 is 5.32 Å². The Hall–Kier alpha value is -0.510. The van der Waals surface area contributed by atoms with Crippen molar-refractivity contribution in [3.63, 3.8) is 0 Å². The minimum absolute atomic E-state index is 0.814. The second kappa shape index (κ2) is 5.54. The Morgan fingerprint density at radius 1 is 1.20 bits per heavy atom. The van der Waals surface area contributed by atoms with E-state index in [1.807, 2.05) is 0 Å². The normalized spacial score (nSPS) is 20.2. The van der Waals surface area contributed by atoms with Gasteiger partial charge in [-0.3, -0.25) is 0 Å². The fraction of sp³-hybridized carbons (Fsp3) is 0.385. The molecule has 0 heterocycles. The Bertz CT molecular complexity index is 329. The monoisotopic (exact) mass is 313 g/mol. The lowest BCUT2D eigenvalue weighted by Crippen LogP contribution is -2.15. The van der Waals surface area contributed by atoms with Gasteiger partial charge in [-0.25, -0.2) is 0 Å². The number of halogens is 1. The molecule has 0 fully saturated rings. The SMILES string of the molecule is Ic1ccc(NCC2CC=CCC2)cc1. The van der Waals surface area contributed by atoms with Gasteiger partial charge in [0.25, 0.3) is 0 Å². The highest BCUT2D eigenvalue weighted by Crippen LogP contribution is 2.19. The van der Waals surface area contributed by atoms with Crippen LogP contribution in [0.4, 0.5) is 5.69 Å². The van der Waals surface area contributed by atoms with Crippen LogP contribution in [0, 0.1) is 9.49 Å². The van der Waals surface area contributed by atoms with Crippen LogP contribution in [-0.2, 0) is 0 Å².